The fourth-order valence-corrected chi connectivity index (χ4v) is 1.96. The second-order valence-electron chi connectivity index (χ2n) is 4.92. The number of aryl methyl sites for hydroxylation is 1. The van der Waals surface area contributed by atoms with Crippen molar-refractivity contribution in [3.63, 3.8) is 0 Å². The molecule has 2 aromatic carbocycles. The van der Waals surface area contributed by atoms with Crippen LogP contribution in [-0.4, -0.2) is 30.9 Å². The van der Waals surface area contributed by atoms with Crippen molar-refractivity contribution in [3.8, 4) is 17.2 Å². The number of benzene rings is 2. The van der Waals surface area contributed by atoms with Crippen LogP contribution in [0.4, 0.5) is 0 Å². The number of hydrazone groups is 1. The van der Waals surface area contributed by atoms with Gasteiger partial charge in [0.05, 0.1) is 13.3 Å². The molecule has 24 heavy (non-hydrogen) atoms. The van der Waals surface area contributed by atoms with E-state index in [1.807, 2.05) is 6.92 Å². The monoisotopic (exact) mass is 348 g/mol. The lowest BCUT2D eigenvalue weighted by atomic mass is 10.2. The number of amides is 1. The molecular weight excluding hydrogens is 332 g/mol. The summed E-state index contributed by atoms with van der Waals surface area (Å²) in [5, 5.41) is 14.0. The molecule has 1 amide bonds. The molecule has 2 N–H and O–H groups in total. The van der Waals surface area contributed by atoms with Gasteiger partial charge in [0.15, 0.2) is 18.1 Å². The number of aromatic hydroxyl groups is 1. The van der Waals surface area contributed by atoms with Crippen molar-refractivity contribution in [1.29, 1.82) is 0 Å². The number of rotatable bonds is 6. The highest BCUT2D eigenvalue weighted by Gasteiger charge is 2.04. The lowest BCUT2D eigenvalue weighted by molar-refractivity contribution is -0.123. The fraction of sp³-hybridized carbons (Fsp3) is 0.176. The summed E-state index contributed by atoms with van der Waals surface area (Å²) in [6.07, 6.45) is 1.44. The molecule has 0 saturated heterocycles. The van der Waals surface area contributed by atoms with Gasteiger partial charge in [0.2, 0.25) is 0 Å². The molecule has 0 unspecified atom stereocenters. The zero-order chi connectivity index (χ0) is 17.5. The Kier molecular flexibility index (Phi) is 6.03. The van der Waals surface area contributed by atoms with Gasteiger partial charge in [-0.2, -0.15) is 5.10 Å². The Labute approximate surface area is 144 Å². The lowest BCUT2D eigenvalue weighted by Gasteiger charge is -2.06. The van der Waals surface area contributed by atoms with E-state index in [1.165, 1.54) is 19.4 Å². The second kappa shape index (κ2) is 8.21. The maximum atomic E-state index is 11.7. The van der Waals surface area contributed by atoms with E-state index >= 15 is 0 Å². The Morgan fingerprint density at radius 2 is 2.12 bits per heavy atom. The van der Waals surface area contributed by atoms with Crippen LogP contribution in [0.3, 0.4) is 0 Å². The second-order valence-corrected chi connectivity index (χ2v) is 5.33. The van der Waals surface area contributed by atoms with Crippen molar-refractivity contribution < 1.29 is 19.4 Å². The van der Waals surface area contributed by atoms with Crippen molar-refractivity contribution in [2.75, 3.05) is 13.7 Å². The molecule has 0 fully saturated rings. The van der Waals surface area contributed by atoms with Crippen LogP contribution < -0.4 is 14.9 Å². The zero-order valence-electron chi connectivity index (χ0n) is 13.2. The zero-order valence-corrected chi connectivity index (χ0v) is 14.0. The van der Waals surface area contributed by atoms with E-state index in [2.05, 4.69) is 10.5 Å². The van der Waals surface area contributed by atoms with Gasteiger partial charge in [0.1, 0.15) is 5.75 Å². The molecule has 126 valence electrons. The average molecular weight is 349 g/mol. The Hall–Kier alpha value is -2.73. The highest BCUT2D eigenvalue weighted by molar-refractivity contribution is 6.31. The number of methoxy groups -OCH3 is 1. The van der Waals surface area contributed by atoms with Gasteiger partial charge in [-0.1, -0.05) is 11.6 Å². The maximum absolute atomic E-state index is 11.7. The van der Waals surface area contributed by atoms with Crippen LogP contribution in [0.15, 0.2) is 41.5 Å². The van der Waals surface area contributed by atoms with E-state index in [0.29, 0.717) is 22.1 Å². The van der Waals surface area contributed by atoms with Gasteiger partial charge in [-0.3, -0.25) is 4.79 Å². The number of carbonyl (C=O) groups excluding carboxylic acids is 1. The van der Waals surface area contributed by atoms with E-state index in [0.717, 1.165) is 5.56 Å². The van der Waals surface area contributed by atoms with E-state index < -0.39 is 5.91 Å². The van der Waals surface area contributed by atoms with Gasteiger partial charge in [-0.15, -0.1) is 0 Å². The molecule has 0 aliphatic rings. The minimum Gasteiger partial charge on any atom is -0.504 e. The highest BCUT2D eigenvalue weighted by Crippen LogP contribution is 2.25. The molecule has 0 bridgehead atoms. The van der Waals surface area contributed by atoms with Crippen molar-refractivity contribution >= 4 is 23.7 Å². The molecular formula is C17H17ClN2O4. The van der Waals surface area contributed by atoms with Crippen molar-refractivity contribution in [2.45, 2.75) is 6.92 Å². The van der Waals surface area contributed by atoms with Crippen molar-refractivity contribution in [3.05, 3.63) is 52.5 Å². The summed E-state index contributed by atoms with van der Waals surface area (Å²) in [5.41, 5.74) is 3.89. The number of halogens is 1. The lowest BCUT2D eigenvalue weighted by Crippen LogP contribution is -2.24. The Morgan fingerprint density at radius 1 is 1.33 bits per heavy atom. The topological polar surface area (TPSA) is 80.2 Å². The standard InChI is InChI=1S/C17H17ClN2O4/c1-11-7-13(4-5-14(11)18)24-10-17(22)20-19-9-12-3-6-15(21)16(8-12)23-2/h3-9,21H,10H2,1-2H3,(H,20,22)/b19-9-. The maximum Gasteiger partial charge on any atom is 0.277 e. The quantitative estimate of drug-likeness (QED) is 0.621. The molecule has 0 saturated carbocycles. The van der Waals surface area contributed by atoms with Gasteiger partial charge >= 0.3 is 0 Å². The number of ether oxygens (including phenoxy) is 2. The van der Waals surface area contributed by atoms with Gasteiger partial charge in [0.25, 0.3) is 5.91 Å². The molecule has 0 spiro atoms. The summed E-state index contributed by atoms with van der Waals surface area (Å²) >= 11 is 5.92. The highest BCUT2D eigenvalue weighted by atomic mass is 35.5. The first-order valence-electron chi connectivity index (χ1n) is 7.07. The van der Waals surface area contributed by atoms with Gasteiger partial charge in [-0.25, -0.2) is 5.43 Å². The molecule has 7 heteroatoms. The molecule has 0 aromatic heterocycles. The van der Waals surface area contributed by atoms with Crippen LogP contribution in [0.1, 0.15) is 11.1 Å². The largest absolute Gasteiger partial charge is 0.504 e. The molecule has 0 heterocycles. The van der Waals surface area contributed by atoms with E-state index in [-0.39, 0.29) is 12.4 Å². The van der Waals surface area contributed by atoms with Gasteiger partial charge in [-0.05, 0) is 54.4 Å². The smallest absolute Gasteiger partial charge is 0.277 e. The molecule has 0 aliphatic carbocycles. The molecule has 2 rings (SSSR count). The molecule has 2 aromatic rings. The Balaban J connectivity index is 1.85. The first kappa shape index (κ1) is 17.6. The molecule has 6 nitrogen and oxygen atoms in total. The normalized spacial score (nSPS) is 10.6. The summed E-state index contributed by atoms with van der Waals surface area (Å²) in [4.78, 5) is 11.7. The molecule has 0 radical (unpaired) electrons. The first-order valence-corrected chi connectivity index (χ1v) is 7.45. The summed E-state index contributed by atoms with van der Waals surface area (Å²) in [6, 6.07) is 9.86. The number of nitrogens with zero attached hydrogens (tertiary/aromatic N) is 1. The number of hydrogen-bond acceptors (Lipinski definition) is 5. The van der Waals surface area contributed by atoms with Crippen LogP contribution in [0.5, 0.6) is 17.2 Å². The number of hydrogen-bond donors (Lipinski definition) is 2. The Morgan fingerprint density at radius 3 is 2.83 bits per heavy atom. The summed E-state index contributed by atoms with van der Waals surface area (Å²) in [5.74, 6) is 0.515. The van der Waals surface area contributed by atoms with Crippen LogP contribution >= 0.6 is 11.6 Å². The number of phenolic OH excluding ortho intramolecular Hbond substituents is 1. The average Bonchev–Trinajstić information content (AvgIpc) is 2.57. The van der Waals surface area contributed by atoms with Crippen LogP contribution in [0.2, 0.25) is 5.02 Å². The molecule has 0 atom stereocenters. The Bertz CT molecular complexity index is 762. The van der Waals surface area contributed by atoms with Gasteiger partial charge in [0, 0.05) is 5.02 Å². The van der Waals surface area contributed by atoms with E-state index in [9.17, 15) is 9.90 Å². The summed E-state index contributed by atoms with van der Waals surface area (Å²) < 4.78 is 10.4. The van der Waals surface area contributed by atoms with Crippen LogP contribution in [0.25, 0.3) is 0 Å². The fourth-order valence-electron chi connectivity index (χ4n) is 1.84. The van der Waals surface area contributed by atoms with Crippen LogP contribution in [-0.2, 0) is 4.79 Å². The predicted molar refractivity (Wildman–Crippen MR) is 92.1 cm³/mol. The number of nitrogens with one attached hydrogen (secondary N) is 1. The van der Waals surface area contributed by atoms with E-state index in [4.69, 9.17) is 21.1 Å². The third kappa shape index (κ3) is 4.89. The molecule has 0 aliphatic heterocycles. The summed E-state index contributed by atoms with van der Waals surface area (Å²) in [6.45, 7) is 1.68. The van der Waals surface area contributed by atoms with Crippen LogP contribution in [0, 0.1) is 6.92 Å². The number of phenols is 1. The first-order chi connectivity index (χ1) is 11.5. The minimum absolute atomic E-state index is 0.0327. The van der Waals surface area contributed by atoms with E-state index in [1.54, 1.807) is 30.3 Å². The van der Waals surface area contributed by atoms with Crippen molar-refractivity contribution in [1.82, 2.24) is 5.43 Å². The van der Waals surface area contributed by atoms with Gasteiger partial charge < -0.3 is 14.6 Å². The van der Waals surface area contributed by atoms with Crippen molar-refractivity contribution in [2.24, 2.45) is 5.10 Å². The third-order valence-corrected chi connectivity index (χ3v) is 3.53. The summed E-state index contributed by atoms with van der Waals surface area (Å²) in [7, 11) is 1.45. The SMILES string of the molecule is COc1cc(/C=N\NC(=O)COc2ccc(Cl)c(C)c2)ccc1O. The number of carbonyl (C=O) groups is 1. The third-order valence-electron chi connectivity index (χ3n) is 3.11. The minimum atomic E-state index is -0.399. The predicted octanol–water partition coefficient (Wildman–Crippen LogP) is 2.89.